The van der Waals surface area contributed by atoms with Crippen molar-refractivity contribution >= 4 is 29.5 Å². The maximum absolute atomic E-state index is 13.1. The fraction of sp³-hybridized carbons (Fsp3) is 0.792. The maximum atomic E-state index is 13.1. The molecule has 0 aromatic heterocycles. The Morgan fingerprint density at radius 1 is 0.711 bits per heavy atom. The minimum Gasteiger partial charge on any atom is -0.391 e. The summed E-state index contributed by atoms with van der Waals surface area (Å²) in [5, 5.41) is 25.6. The molecule has 0 heterocycles. The number of hydrogen-bond acceptors (Lipinski definition) is 9. The molecular weight excluding hydrogens is 496 g/mol. The van der Waals surface area contributed by atoms with Crippen molar-refractivity contribution in [2.24, 2.45) is 17.4 Å². The molecule has 0 aliphatic carbocycles. The molecule has 0 bridgehead atoms. The van der Waals surface area contributed by atoms with Crippen LogP contribution in [0.1, 0.15) is 53.9 Å². The molecule has 5 amide bonds. The Kier molecular flexibility index (Phi) is 17.1. The monoisotopic (exact) mass is 544 g/mol. The van der Waals surface area contributed by atoms with E-state index >= 15 is 0 Å². The van der Waals surface area contributed by atoms with Crippen LogP contribution in [0.4, 0.5) is 0 Å². The number of nitrogens with one attached hydrogen (secondary N) is 6. The molecule has 0 aliphatic rings. The lowest BCUT2D eigenvalue weighted by molar-refractivity contribution is -0.135. The zero-order valence-corrected chi connectivity index (χ0v) is 23.4. The van der Waals surface area contributed by atoms with Crippen molar-refractivity contribution in [1.82, 2.24) is 31.9 Å². The normalized spacial score (nSPS) is 15.8. The lowest BCUT2D eigenvalue weighted by Gasteiger charge is -2.27. The second kappa shape index (κ2) is 18.4. The first-order valence-corrected chi connectivity index (χ1v) is 13.1. The number of hydrogen-bond donors (Lipinski definition) is 9. The largest absolute Gasteiger partial charge is 0.391 e. The summed E-state index contributed by atoms with van der Waals surface area (Å²) in [6.07, 6.45) is -0.748. The molecule has 11 N–H and O–H groups in total. The molecule has 0 saturated heterocycles. The van der Waals surface area contributed by atoms with Crippen LogP contribution in [-0.2, 0) is 24.0 Å². The average Bonchev–Trinajstić information content (AvgIpc) is 2.84. The fourth-order valence-electron chi connectivity index (χ4n) is 3.49. The van der Waals surface area contributed by atoms with E-state index in [1.54, 1.807) is 20.9 Å². The highest BCUT2D eigenvalue weighted by molar-refractivity contribution is 5.96. The number of carbonyl (C=O) groups is 5. The third-order valence-electron chi connectivity index (χ3n) is 5.76. The Morgan fingerprint density at radius 3 is 1.55 bits per heavy atom. The second-order valence-corrected chi connectivity index (χ2v) is 9.60. The first-order valence-electron chi connectivity index (χ1n) is 13.1. The Bertz CT molecular complexity index is 779. The van der Waals surface area contributed by atoms with Gasteiger partial charge in [0.1, 0.15) is 24.2 Å². The number of carbonyl (C=O) groups excluding carboxylic acids is 5. The molecule has 0 radical (unpaired) electrons. The predicted molar refractivity (Wildman–Crippen MR) is 143 cm³/mol. The predicted octanol–water partition coefficient (Wildman–Crippen LogP) is -3.21. The highest BCUT2D eigenvalue weighted by atomic mass is 16.3. The Labute approximate surface area is 225 Å². The molecule has 38 heavy (non-hydrogen) atoms. The van der Waals surface area contributed by atoms with Gasteiger partial charge < -0.3 is 48.5 Å². The van der Waals surface area contributed by atoms with E-state index in [4.69, 9.17) is 11.5 Å². The van der Waals surface area contributed by atoms with Crippen molar-refractivity contribution in [3.05, 3.63) is 0 Å². The molecule has 0 saturated carbocycles. The number of aliphatic hydroxyl groups excluding tert-OH is 1. The minimum absolute atomic E-state index is 0.0384. The summed E-state index contributed by atoms with van der Waals surface area (Å²) >= 11 is 0. The van der Waals surface area contributed by atoms with Gasteiger partial charge in [-0.05, 0) is 66.1 Å². The van der Waals surface area contributed by atoms with E-state index in [-0.39, 0.29) is 37.8 Å². The van der Waals surface area contributed by atoms with Gasteiger partial charge in [-0.3, -0.25) is 24.0 Å². The third-order valence-corrected chi connectivity index (χ3v) is 5.76. The van der Waals surface area contributed by atoms with Crippen LogP contribution < -0.4 is 43.4 Å². The summed E-state index contributed by atoms with van der Waals surface area (Å²) in [5.41, 5.74) is 11.3. The quantitative estimate of drug-likeness (QED) is 0.0844. The number of amides is 5. The fourth-order valence-corrected chi connectivity index (χ4v) is 3.49. The molecule has 0 aliphatic heterocycles. The lowest BCUT2D eigenvalue weighted by atomic mass is 10.0. The molecule has 14 nitrogen and oxygen atoms in total. The van der Waals surface area contributed by atoms with E-state index in [9.17, 15) is 29.1 Å². The van der Waals surface area contributed by atoms with Crippen LogP contribution in [0.15, 0.2) is 0 Å². The zero-order chi connectivity index (χ0) is 29.4. The second-order valence-electron chi connectivity index (χ2n) is 9.60. The van der Waals surface area contributed by atoms with Gasteiger partial charge in [0.2, 0.25) is 29.5 Å². The average molecular weight is 545 g/mol. The van der Waals surface area contributed by atoms with Gasteiger partial charge in [-0.15, -0.1) is 0 Å². The summed E-state index contributed by atoms with van der Waals surface area (Å²) in [6.45, 7) is 8.90. The lowest BCUT2D eigenvalue weighted by Crippen LogP contribution is -2.60. The SMILES string of the molecule is CCNC(=O)C(NC(=O)[C@H](CCN)NC(=O)[C@H](CCN)NC(=O)[C@H](CC(C)C)NC(=O)[C@@H](C)NC)[C@@H](C)O. The van der Waals surface area contributed by atoms with Crippen LogP contribution in [0.3, 0.4) is 0 Å². The Hall–Kier alpha value is -2.81. The van der Waals surface area contributed by atoms with Gasteiger partial charge in [-0.25, -0.2) is 0 Å². The number of nitrogens with two attached hydrogens (primary N) is 2. The minimum atomic E-state index is -1.24. The van der Waals surface area contributed by atoms with E-state index in [1.807, 2.05) is 13.8 Å². The molecule has 6 atom stereocenters. The first kappa shape index (κ1) is 35.2. The van der Waals surface area contributed by atoms with Crippen LogP contribution in [0.25, 0.3) is 0 Å². The highest BCUT2D eigenvalue weighted by Gasteiger charge is 2.32. The van der Waals surface area contributed by atoms with Gasteiger partial charge in [0.15, 0.2) is 0 Å². The van der Waals surface area contributed by atoms with E-state index in [1.165, 1.54) is 6.92 Å². The van der Waals surface area contributed by atoms with Gasteiger partial charge >= 0.3 is 0 Å². The van der Waals surface area contributed by atoms with Crippen molar-refractivity contribution in [3.63, 3.8) is 0 Å². The Morgan fingerprint density at radius 2 is 1.16 bits per heavy atom. The van der Waals surface area contributed by atoms with Gasteiger partial charge in [-0.1, -0.05) is 13.8 Å². The molecule has 14 heteroatoms. The topological polar surface area (TPSA) is 230 Å². The smallest absolute Gasteiger partial charge is 0.245 e. The molecule has 0 fully saturated rings. The number of likely N-dealkylation sites (N-methyl/N-ethyl adjacent to an activating group) is 2. The van der Waals surface area contributed by atoms with Crippen molar-refractivity contribution in [3.8, 4) is 0 Å². The Balaban J connectivity index is 5.62. The maximum Gasteiger partial charge on any atom is 0.245 e. The summed E-state index contributed by atoms with van der Waals surface area (Å²) in [5.74, 6) is -2.83. The summed E-state index contributed by atoms with van der Waals surface area (Å²) in [6, 6.07) is -4.88. The van der Waals surface area contributed by atoms with E-state index in [0.29, 0.717) is 13.0 Å². The van der Waals surface area contributed by atoms with Crippen molar-refractivity contribution in [2.75, 3.05) is 26.7 Å². The zero-order valence-electron chi connectivity index (χ0n) is 23.4. The summed E-state index contributed by atoms with van der Waals surface area (Å²) in [4.78, 5) is 63.7. The van der Waals surface area contributed by atoms with E-state index in [0.717, 1.165) is 0 Å². The van der Waals surface area contributed by atoms with Crippen LogP contribution in [0.5, 0.6) is 0 Å². The third kappa shape index (κ3) is 12.6. The van der Waals surface area contributed by atoms with Gasteiger partial charge in [-0.2, -0.15) is 0 Å². The van der Waals surface area contributed by atoms with Crippen molar-refractivity contribution in [1.29, 1.82) is 0 Å². The van der Waals surface area contributed by atoms with E-state index in [2.05, 4.69) is 31.9 Å². The highest BCUT2D eigenvalue weighted by Crippen LogP contribution is 2.07. The first-order chi connectivity index (χ1) is 17.8. The molecule has 0 aromatic rings. The molecule has 0 spiro atoms. The number of rotatable bonds is 18. The van der Waals surface area contributed by atoms with E-state index < -0.39 is 59.9 Å². The van der Waals surface area contributed by atoms with Gasteiger partial charge in [0.05, 0.1) is 12.1 Å². The van der Waals surface area contributed by atoms with Gasteiger partial charge in [0.25, 0.3) is 0 Å². The van der Waals surface area contributed by atoms with Gasteiger partial charge in [0, 0.05) is 6.54 Å². The van der Waals surface area contributed by atoms with Crippen LogP contribution in [0.2, 0.25) is 0 Å². The summed E-state index contributed by atoms with van der Waals surface area (Å²) < 4.78 is 0. The molecule has 0 aromatic carbocycles. The number of aliphatic hydroxyl groups is 1. The summed E-state index contributed by atoms with van der Waals surface area (Å²) in [7, 11) is 1.62. The standard InChI is InChI=1S/C24H48N8O6/c1-7-28-24(38)19(15(5)33)32-22(36)17(9-11-26)29-21(35)16(8-10-25)30-23(37)18(12-13(2)3)31-20(34)14(4)27-6/h13-19,27,33H,7-12,25-26H2,1-6H3,(H,28,38)(H,29,35)(H,30,37)(H,31,34)(H,32,36)/t14-,15-,16+,17+,18+,19?/m1/s1. The molecular formula is C24H48N8O6. The van der Waals surface area contributed by atoms with Crippen molar-refractivity contribution in [2.45, 2.75) is 90.2 Å². The van der Waals surface area contributed by atoms with Crippen LogP contribution >= 0.6 is 0 Å². The van der Waals surface area contributed by atoms with Crippen molar-refractivity contribution < 1.29 is 29.1 Å². The molecule has 0 rings (SSSR count). The van der Waals surface area contributed by atoms with Crippen LogP contribution in [0, 0.1) is 5.92 Å². The molecule has 1 unspecified atom stereocenters. The molecule has 220 valence electrons. The van der Waals surface area contributed by atoms with Crippen LogP contribution in [-0.4, -0.2) is 97.6 Å².